The molecule has 0 aromatic heterocycles. The monoisotopic (exact) mass is 236 g/mol. The van der Waals surface area contributed by atoms with Crippen LogP contribution in [-0.4, -0.2) is 25.3 Å². The third kappa shape index (κ3) is 2.13. The van der Waals surface area contributed by atoms with Gasteiger partial charge in [0.2, 0.25) is 0 Å². The summed E-state index contributed by atoms with van der Waals surface area (Å²) in [4.78, 5) is 11.5. The number of carbonyl (C=O) groups excluding carboxylic acids is 1. The number of benzene rings is 1. The van der Waals surface area contributed by atoms with Gasteiger partial charge in [-0.05, 0) is 36.1 Å². The number of fused-ring (bicyclic) bond motifs is 1. The number of ether oxygens (including phenoxy) is 2. The van der Waals surface area contributed by atoms with E-state index in [9.17, 15) is 9.90 Å². The molecule has 1 N–H and O–H groups in total. The van der Waals surface area contributed by atoms with Crippen molar-refractivity contribution in [1.82, 2.24) is 0 Å². The van der Waals surface area contributed by atoms with Gasteiger partial charge in [-0.1, -0.05) is 6.07 Å². The number of carbonyl (C=O) groups is 1. The lowest BCUT2D eigenvalue weighted by Crippen LogP contribution is -2.28. The summed E-state index contributed by atoms with van der Waals surface area (Å²) in [5.41, 5.74) is 1.84. The average molecular weight is 236 g/mol. The molecule has 2 unspecified atom stereocenters. The largest absolute Gasteiger partial charge is 0.497 e. The van der Waals surface area contributed by atoms with Crippen LogP contribution in [0.3, 0.4) is 0 Å². The summed E-state index contributed by atoms with van der Waals surface area (Å²) in [7, 11) is 2.92. The highest BCUT2D eigenvalue weighted by Gasteiger charge is 2.34. The molecule has 0 saturated heterocycles. The molecule has 1 aromatic rings. The first-order valence-electron chi connectivity index (χ1n) is 5.60. The van der Waals surface area contributed by atoms with E-state index in [1.807, 2.05) is 12.1 Å². The third-order valence-corrected chi connectivity index (χ3v) is 3.28. The molecule has 0 aliphatic heterocycles. The van der Waals surface area contributed by atoms with Gasteiger partial charge in [0.25, 0.3) is 0 Å². The van der Waals surface area contributed by atoms with Crippen LogP contribution in [0.2, 0.25) is 0 Å². The normalized spacial score (nSPS) is 22.8. The Labute approximate surface area is 100 Å². The lowest BCUT2D eigenvalue weighted by atomic mass is 9.81. The van der Waals surface area contributed by atoms with Gasteiger partial charge in [-0.15, -0.1) is 0 Å². The molecule has 1 aliphatic carbocycles. The van der Waals surface area contributed by atoms with Crippen molar-refractivity contribution < 1.29 is 19.4 Å². The van der Waals surface area contributed by atoms with Gasteiger partial charge in [-0.3, -0.25) is 4.79 Å². The number of aryl methyl sites for hydroxylation is 1. The van der Waals surface area contributed by atoms with Gasteiger partial charge in [0.1, 0.15) is 5.75 Å². The smallest absolute Gasteiger partial charge is 0.311 e. The van der Waals surface area contributed by atoms with E-state index in [-0.39, 0.29) is 5.97 Å². The Bertz CT molecular complexity index is 427. The minimum Gasteiger partial charge on any atom is -0.497 e. The van der Waals surface area contributed by atoms with Gasteiger partial charge in [0, 0.05) is 0 Å². The zero-order chi connectivity index (χ0) is 12.4. The summed E-state index contributed by atoms with van der Waals surface area (Å²) in [6.45, 7) is 0. The maximum Gasteiger partial charge on any atom is 0.311 e. The Morgan fingerprint density at radius 3 is 2.82 bits per heavy atom. The van der Waals surface area contributed by atoms with Gasteiger partial charge < -0.3 is 14.6 Å². The molecule has 0 spiro atoms. The minimum atomic E-state index is -0.804. The van der Waals surface area contributed by atoms with E-state index < -0.39 is 12.0 Å². The van der Waals surface area contributed by atoms with E-state index in [1.165, 1.54) is 7.11 Å². The number of hydrogen-bond donors (Lipinski definition) is 1. The lowest BCUT2D eigenvalue weighted by Gasteiger charge is -2.28. The summed E-state index contributed by atoms with van der Waals surface area (Å²) in [6.07, 6.45) is 0.588. The van der Waals surface area contributed by atoms with Crippen molar-refractivity contribution in [1.29, 1.82) is 0 Å². The van der Waals surface area contributed by atoms with Crippen molar-refractivity contribution in [2.45, 2.75) is 18.9 Å². The van der Waals surface area contributed by atoms with Crippen molar-refractivity contribution in [3.05, 3.63) is 29.3 Å². The van der Waals surface area contributed by atoms with Crippen LogP contribution in [0.25, 0.3) is 0 Å². The maximum absolute atomic E-state index is 11.5. The van der Waals surface area contributed by atoms with Crippen molar-refractivity contribution in [2.75, 3.05) is 14.2 Å². The number of aliphatic hydroxyl groups is 1. The number of rotatable bonds is 2. The maximum atomic E-state index is 11.5. The summed E-state index contributed by atoms with van der Waals surface area (Å²) in [6, 6.07) is 5.59. The van der Waals surface area contributed by atoms with Gasteiger partial charge >= 0.3 is 5.97 Å². The van der Waals surface area contributed by atoms with Gasteiger partial charge in [-0.25, -0.2) is 0 Å². The highest BCUT2D eigenvalue weighted by molar-refractivity contribution is 5.74. The van der Waals surface area contributed by atoms with Gasteiger partial charge in [-0.2, -0.15) is 0 Å². The van der Waals surface area contributed by atoms with Crippen LogP contribution in [0.15, 0.2) is 18.2 Å². The Hall–Kier alpha value is -1.55. The fourth-order valence-corrected chi connectivity index (χ4v) is 2.29. The fourth-order valence-electron chi connectivity index (χ4n) is 2.29. The van der Waals surface area contributed by atoms with E-state index in [4.69, 9.17) is 9.47 Å². The van der Waals surface area contributed by atoms with Crippen LogP contribution in [0.1, 0.15) is 23.7 Å². The molecule has 0 fully saturated rings. The molecule has 0 bridgehead atoms. The van der Waals surface area contributed by atoms with E-state index in [0.717, 1.165) is 17.5 Å². The predicted octanol–water partition coefficient (Wildman–Crippen LogP) is 1.46. The molecule has 0 amide bonds. The molecule has 2 rings (SSSR count). The second kappa shape index (κ2) is 4.75. The first kappa shape index (κ1) is 11.9. The van der Waals surface area contributed by atoms with Crippen LogP contribution < -0.4 is 4.74 Å². The summed E-state index contributed by atoms with van der Waals surface area (Å²) in [5.74, 6) is -0.140. The molecule has 92 valence electrons. The van der Waals surface area contributed by atoms with Crippen molar-refractivity contribution in [3.8, 4) is 5.75 Å². The van der Waals surface area contributed by atoms with E-state index in [0.29, 0.717) is 12.2 Å². The summed E-state index contributed by atoms with van der Waals surface area (Å²) in [5, 5.41) is 10.2. The Morgan fingerprint density at radius 1 is 1.41 bits per heavy atom. The SMILES string of the molecule is COC(=O)C1CCc2ccc(OC)cc2C1O. The van der Waals surface area contributed by atoms with Crippen LogP contribution in [-0.2, 0) is 16.0 Å². The van der Waals surface area contributed by atoms with Crippen molar-refractivity contribution in [3.63, 3.8) is 0 Å². The lowest BCUT2D eigenvalue weighted by molar-refractivity contribution is -0.150. The Morgan fingerprint density at radius 2 is 2.18 bits per heavy atom. The molecule has 1 aromatic carbocycles. The molecule has 0 radical (unpaired) electrons. The third-order valence-electron chi connectivity index (χ3n) is 3.28. The van der Waals surface area contributed by atoms with Crippen molar-refractivity contribution in [2.24, 2.45) is 5.92 Å². The molecular weight excluding hydrogens is 220 g/mol. The van der Waals surface area contributed by atoms with Gasteiger partial charge in [0.05, 0.1) is 26.2 Å². The topological polar surface area (TPSA) is 55.8 Å². The zero-order valence-corrected chi connectivity index (χ0v) is 9.97. The number of methoxy groups -OCH3 is 2. The molecule has 4 nitrogen and oxygen atoms in total. The Kier molecular flexibility index (Phi) is 3.33. The summed E-state index contributed by atoms with van der Waals surface area (Å²) >= 11 is 0. The number of hydrogen-bond acceptors (Lipinski definition) is 4. The molecule has 4 heteroatoms. The van der Waals surface area contributed by atoms with Crippen LogP contribution >= 0.6 is 0 Å². The number of aliphatic hydroxyl groups excluding tert-OH is 1. The first-order valence-corrected chi connectivity index (χ1v) is 5.60. The molecule has 1 aliphatic rings. The van der Waals surface area contributed by atoms with E-state index in [2.05, 4.69) is 0 Å². The molecular formula is C13H16O4. The van der Waals surface area contributed by atoms with Crippen LogP contribution in [0.5, 0.6) is 5.75 Å². The quantitative estimate of drug-likeness (QED) is 0.790. The van der Waals surface area contributed by atoms with E-state index in [1.54, 1.807) is 13.2 Å². The fraction of sp³-hybridized carbons (Fsp3) is 0.462. The van der Waals surface area contributed by atoms with Crippen molar-refractivity contribution >= 4 is 5.97 Å². The molecule has 0 saturated carbocycles. The van der Waals surface area contributed by atoms with Crippen LogP contribution in [0.4, 0.5) is 0 Å². The first-order chi connectivity index (χ1) is 8.17. The molecule has 17 heavy (non-hydrogen) atoms. The molecule has 2 atom stereocenters. The van der Waals surface area contributed by atoms with E-state index >= 15 is 0 Å². The van der Waals surface area contributed by atoms with Gasteiger partial charge in [0.15, 0.2) is 0 Å². The zero-order valence-electron chi connectivity index (χ0n) is 9.97. The van der Waals surface area contributed by atoms with Crippen LogP contribution in [0, 0.1) is 5.92 Å². The Balaban J connectivity index is 2.33. The second-order valence-electron chi connectivity index (χ2n) is 4.18. The predicted molar refractivity (Wildman–Crippen MR) is 61.8 cm³/mol. The highest BCUT2D eigenvalue weighted by Crippen LogP contribution is 2.36. The number of esters is 1. The molecule has 0 heterocycles. The highest BCUT2D eigenvalue weighted by atomic mass is 16.5. The summed E-state index contributed by atoms with van der Waals surface area (Å²) < 4.78 is 9.82. The average Bonchev–Trinajstić information content (AvgIpc) is 2.38. The minimum absolute atomic E-state index is 0.356. The second-order valence-corrected chi connectivity index (χ2v) is 4.18. The standard InChI is InChI=1S/C13H16O4/c1-16-9-5-3-8-4-6-10(13(15)17-2)12(14)11(8)7-9/h3,5,7,10,12,14H,4,6H2,1-2H3.